The lowest BCUT2D eigenvalue weighted by atomic mass is 10.0. The smallest absolute Gasteiger partial charge is 0.306 e. The summed E-state index contributed by atoms with van der Waals surface area (Å²) in [5, 5.41) is 8.79. The molecule has 242 valence electrons. The van der Waals surface area contributed by atoms with Crippen molar-refractivity contribution in [3.05, 3.63) is 48.6 Å². The van der Waals surface area contributed by atoms with E-state index in [4.69, 9.17) is 9.84 Å². The van der Waals surface area contributed by atoms with Crippen molar-refractivity contribution in [3.8, 4) is 0 Å². The van der Waals surface area contributed by atoms with Gasteiger partial charge in [-0.3, -0.25) is 9.59 Å². The fraction of sp³-hybridized carbons (Fsp3) is 0.737. The molecule has 0 fully saturated rings. The third kappa shape index (κ3) is 32.4. The average molecular weight is 587 g/mol. The molecule has 0 bridgehead atoms. The summed E-state index contributed by atoms with van der Waals surface area (Å²) >= 11 is 0. The predicted molar refractivity (Wildman–Crippen MR) is 181 cm³/mol. The normalized spacial score (nSPS) is 12.8. The molecule has 0 aliphatic heterocycles. The molecular weight excluding hydrogens is 520 g/mol. The summed E-state index contributed by atoms with van der Waals surface area (Å²) in [5.74, 6) is -0.747. The minimum Gasteiger partial charge on any atom is -0.481 e. The SMILES string of the molecule is CC/C=C\C/C=C\C/C=C\C/C=C\CCCCCCCCC(=O)OC(CCCCCCCC)CCCCCCC(=O)O. The highest BCUT2D eigenvalue weighted by Gasteiger charge is 2.14. The maximum atomic E-state index is 12.5. The summed E-state index contributed by atoms with van der Waals surface area (Å²) in [4.78, 5) is 23.2. The van der Waals surface area contributed by atoms with Crippen LogP contribution in [0.2, 0.25) is 0 Å². The maximum Gasteiger partial charge on any atom is 0.306 e. The summed E-state index contributed by atoms with van der Waals surface area (Å²) < 4.78 is 5.91. The largest absolute Gasteiger partial charge is 0.481 e. The second-order valence-electron chi connectivity index (χ2n) is 11.7. The van der Waals surface area contributed by atoms with Crippen LogP contribution in [0.4, 0.5) is 0 Å². The van der Waals surface area contributed by atoms with E-state index in [1.807, 2.05) is 0 Å². The molecular formula is C38H66O4. The van der Waals surface area contributed by atoms with Gasteiger partial charge in [0.25, 0.3) is 0 Å². The Labute approximate surface area is 260 Å². The lowest BCUT2D eigenvalue weighted by Gasteiger charge is -2.18. The zero-order valence-corrected chi connectivity index (χ0v) is 27.5. The summed E-state index contributed by atoms with van der Waals surface area (Å²) in [6.45, 7) is 4.40. The van der Waals surface area contributed by atoms with Crippen LogP contribution in [-0.2, 0) is 14.3 Å². The Morgan fingerprint density at radius 3 is 1.55 bits per heavy atom. The summed E-state index contributed by atoms with van der Waals surface area (Å²) in [5.41, 5.74) is 0. The number of aliphatic carboxylic acids is 1. The van der Waals surface area contributed by atoms with Crippen molar-refractivity contribution in [2.45, 2.75) is 180 Å². The molecule has 0 aromatic rings. The molecule has 0 radical (unpaired) electrons. The van der Waals surface area contributed by atoms with E-state index >= 15 is 0 Å². The van der Waals surface area contributed by atoms with Crippen molar-refractivity contribution in [1.29, 1.82) is 0 Å². The number of carbonyl (C=O) groups is 2. The maximum absolute atomic E-state index is 12.5. The molecule has 0 rings (SSSR count). The van der Waals surface area contributed by atoms with Gasteiger partial charge in [-0.05, 0) is 77.0 Å². The first kappa shape index (κ1) is 39.9. The third-order valence-corrected chi connectivity index (χ3v) is 7.57. The first-order valence-corrected chi connectivity index (χ1v) is 17.6. The van der Waals surface area contributed by atoms with Crippen LogP contribution in [-0.4, -0.2) is 23.1 Å². The van der Waals surface area contributed by atoms with Crippen molar-refractivity contribution in [2.75, 3.05) is 0 Å². The molecule has 4 nitrogen and oxygen atoms in total. The Bertz CT molecular complexity index is 719. The Morgan fingerprint density at radius 1 is 0.548 bits per heavy atom. The number of carboxylic acid groups (broad SMARTS) is 1. The van der Waals surface area contributed by atoms with E-state index in [1.165, 1.54) is 57.8 Å². The summed E-state index contributed by atoms with van der Waals surface area (Å²) in [7, 11) is 0. The van der Waals surface area contributed by atoms with Gasteiger partial charge in [-0.2, -0.15) is 0 Å². The fourth-order valence-corrected chi connectivity index (χ4v) is 5.00. The summed E-state index contributed by atoms with van der Waals surface area (Å²) in [6, 6.07) is 0. The Kier molecular flexibility index (Phi) is 31.7. The van der Waals surface area contributed by atoms with E-state index in [0.29, 0.717) is 6.42 Å². The highest BCUT2D eigenvalue weighted by Crippen LogP contribution is 2.18. The second kappa shape index (κ2) is 33.4. The molecule has 0 aliphatic carbocycles. The highest BCUT2D eigenvalue weighted by molar-refractivity contribution is 5.69. The fourth-order valence-electron chi connectivity index (χ4n) is 5.00. The quantitative estimate of drug-likeness (QED) is 0.0498. The van der Waals surface area contributed by atoms with Crippen LogP contribution in [0.15, 0.2) is 48.6 Å². The molecule has 4 heteroatoms. The lowest BCUT2D eigenvalue weighted by Crippen LogP contribution is -2.18. The van der Waals surface area contributed by atoms with Gasteiger partial charge in [0, 0.05) is 12.8 Å². The van der Waals surface area contributed by atoms with Gasteiger partial charge >= 0.3 is 11.9 Å². The average Bonchev–Trinajstić information content (AvgIpc) is 2.97. The topological polar surface area (TPSA) is 63.6 Å². The van der Waals surface area contributed by atoms with Gasteiger partial charge < -0.3 is 9.84 Å². The molecule has 0 amide bonds. The van der Waals surface area contributed by atoms with Crippen LogP contribution >= 0.6 is 0 Å². The van der Waals surface area contributed by atoms with Crippen LogP contribution < -0.4 is 0 Å². The first-order valence-electron chi connectivity index (χ1n) is 17.6. The number of carboxylic acids is 1. The molecule has 0 saturated heterocycles. The molecule has 42 heavy (non-hydrogen) atoms. The van der Waals surface area contributed by atoms with E-state index in [2.05, 4.69) is 62.5 Å². The van der Waals surface area contributed by atoms with Crippen LogP contribution in [0.3, 0.4) is 0 Å². The molecule has 0 saturated carbocycles. The number of esters is 1. The number of carbonyl (C=O) groups excluding carboxylic acids is 1. The Morgan fingerprint density at radius 2 is 1.00 bits per heavy atom. The zero-order valence-electron chi connectivity index (χ0n) is 27.5. The number of hydrogen-bond donors (Lipinski definition) is 1. The third-order valence-electron chi connectivity index (χ3n) is 7.57. The van der Waals surface area contributed by atoms with E-state index < -0.39 is 5.97 Å². The van der Waals surface area contributed by atoms with E-state index in [-0.39, 0.29) is 18.5 Å². The van der Waals surface area contributed by atoms with Crippen molar-refractivity contribution in [3.63, 3.8) is 0 Å². The summed E-state index contributed by atoms with van der Waals surface area (Å²) in [6.07, 6.45) is 44.1. The van der Waals surface area contributed by atoms with Crippen molar-refractivity contribution in [1.82, 2.24) is 0 Å². The second-order valence-corrected chi connectivity index (χ2v) is 11.7. The Balaban J connectivity index is 3.90. The zero-order chi connectivity index (χ0) is 30.8. The van der Waals surface area contributed by atoms with Crippen molar-refractivity contribution in [2.24, 2.45) is 0 Å². The predicted octanol–water partition coefficient (Wildman–Crippen LogP) is 12.0. The van der Waals surface area contributed by atoms with Crippen LogP contribution in [0.1, 0.15) is 174 Å². The highest BCUT2D eigenvalue weighted by atomic mass is 16.5. The van der Waals surface area contributed by atoms with Crippen LogP contribution in [0.25, 0.3) is 0 Å². The molecule has 0 aromatic carbocycles. The van der Waals surface area contributed by atoms with Gasteiger partial charge in [0.15, 0.2) is 0 Å². The number of hydrogen-bond acceptors (Lipinski definition) is 3. The molecule has 0 aromatic heterocycles. The number of allylic oxidation sites excluding steroid dienone is 8. The molecule has 0 heterocycles. The number of unbranched alkanes of at least 4 members (excludes halogenated alkanes) is 14. The number of rotatable bonds is 31. The molecule has 0 aliphatic rings. The minimum atomic E-state index is -0.716. The minimum absolute atomic E-state index is 0.0292. The van der Waals surface area contributed by atoms with Crippen LogP contribution in [0.5, 0.6) is 0 Å². The standard InChI is InChI=1S/C38H66O4/c1-3-5-7-9-11-12-13-14-15-16-17-18-19-20-21-22-23-25-31-35-38(41)42-36(32-28-24-10-8-6-4-2)33-29-26-27-30-34-37(39)40/h5,7,11-12,14-15,17-18,36H,3-4,6,8-10,13,16,19-35H2,1-2H3,(H,39,40)/b7-5-,12-11-,15-14-,18-17-. The molecule has 1 unspecified atom stereocenters. The van der Waals surface area contributed by atoms with E-state index in [0.717, 1.165) is 89.9 Å². The lowest BCUT2D eigenvalue weighted by molar-refractivity contribution is -0.150. The molecule has 1 atom stereocenters. The number of ether oxygens (including phenoxy) is 1. The van der Waals surface area contributed by atoms with Crippen molar-refractivity contribution < 1.29 is 19.4 Å². The molecule has 0 spiro atoms. The molecule has 1 N–H and O–H groups in total. The van der Waals surface area contributed by atoms with E-state index in [1.54, 1.807) is 0 Å². The van der Waals surface area contributed by atoms with Gasteiger partial charge in [0.2, 0.25) is 0 Å². The first-order chi connectivity index (χ1) is 20.6. The monoisotopic (exact) mass is 586 g/mol. The van der Waals surface area contributed by atoms with Gasteiger partial charge in [-0.1, -0.05) is 133 Å². The van der Waals surface area contributed by atoms with E-state index in [9.17, 15) is 9.59 Å². The van der Waals surface area contributed by atoms with Crippen LogP contribution in [0, 0.1) is 0 Å². The Hall–Kier alpha value is -2.10. The van der Waals surface area contributed by atoms with Gasteiger partial charge in [-0.25, -0.2) is 0 Å². The van der Waals surface area contributed by atoms with Gasteiger partial charge in [0.1, 0.15) is 6.10 Å². The van der Waals surface area contributed by atoms with Gasteiger partial charge in [0.05, 0.1) is 0 Å². The van der Waals surface area contributed by atoms with Crippen molar-refractivity contribution >= 4 is 11.9 Å². The van der Waals surface area contributed by atoms with Gasteiger partial charge in [-0.15, -0.1) is 0 Å².